The molecule has 0 bridgehead atoms. The van der Waals surface area contributed by atoms with Gasteiger partial charge < -0.3 is 25.3 Å². The first-order valence-corrected chi connectivity index (χ1v) is 9.39. The number of nitrogens with two attached hydrogens (primary N) is 1. The first kappa shape index (κ1) is 20.3. The quantitative estimate of drug-likeness (QED) is 0.516. The van der Waals surface area contributed by atoms with Crippen LogP contribution >= 0.6 is 0 Å². The number of hydrogen-bond donors (Lipinski definition) is 2. The molecule has 1 aromatic rings. The van der Waals surface area contributed by atoms with Crippen LogP contribution < -0.4 is 20.5 Å². The Labute approximate surface area is 156 Å². The molecule has 0 radical (unpaired) electrons. The van der Waals surface area contributed by atoms with Crippen molar-refractivity contribution in [3.05, 3.63) is 18.2 Å². The fourth-order valence-electron chi connectivity index (χ4n) is 2.86. The van der Waals surface area contributed by atoms with Gasteiger partial charge in [0.15, 0.2) is 5.96 Å². The monoisotopic (exact) mass is 364 g/mol. The van der Waals surface area contributed by atoms with E-state index in [2.05, 4.69) is 22.1 Å². The van der Waals surface area contributed by atoms with E-state index in [1.807, 2.05) is 32.0 Å². The Morgan fingerprint density at radius 1 is 1.27 bits per heavy atom. The van der Waals surface area contributed by atoms with Crippen LogP contribution in [0.5, 0.6) is 11.5 Å². The maximum atomic E-state index is 6.09. The van der Waals surface area contributed by atoms with Crippen LogP contribution in [0, 0.1) is 5.92 Å². The second-order valence-corrected chi connectivity index (χ2v) is 6.39. The molecule has 2 rings (SSSR count). The second-order valence-electron chi connectivity index (χ2n) is 6.39. The van der Waals surface area contributed by atoms with Crippen LogP contribution in [-0.4, -0.2) is 63.5 Å². The van der Waals surface area contributed by atoms with Gasteiger partial charge in [0.2, 0.25) is 0 Å². The molecule has 0 aromatic heterocycles. The van der Waals surface area contributed by atoms with E-state index in [1.165, 1.54) is 0 Å². The fourth-order valence-corrected chi connectivity index (χ4v) is 2.86. The summed E-state index contributed by atoms with van der Waals surface area (Å²) < 4.78 is 16.6. The van der Waals surface area contributed by atoms with Crippen LogP contribution in [-0.2, 0) is 4.74 Å². The minimum Gasteiger partial charge on any atom is -0.494 e. The normalized spacial score (nSPS) is 17.0. The van der Waals surface area contributed by atoms with E-state index in [4.69, 9.17) is 19.9 Å². The molecule has 1 aliphatic heterocycles. The molecule has 1 aliphatic rings. The predicted octanol–water partition coefficient (Wildman–Crippen LogP) is 2.18. The minimum absolute atomic E-state index is 0.383. The van der Waals surface area contributed by atoms with Crippen LogP contribution in [0.3, 0.4) is 0 Å². The maximum Gasteiger partial charge on any atom is 0.193 e. The van der Waals surface area contributed by atoms with Crippen molar-refractivity contribution in [2.45, 2.75) is 20.8 Å². The topological polar surface area (TPSA) is 81.3 Å². The van der Waals surface area contributed by atoms with Crippen molar-refractivity contribution in [3.63, 3.8) is 0 Å². The van der Waals surface area contributed by atoms with Crippen molar-refractivity contribution in [1.29, 1.82) is 0 Å². The summed E-state index contributed by atoms with van der Waals surface area (Å²) in [6.07, 6.45) is 0. The number of hydrogen-bond acceptors (Lipinski definition) is 5. The third-order valence-electron chi connectivity index (χ3n) is 4.07. The summed E-state index contributed by atoms with van der Waals surface area (Å²) in [4.78, 5) is 6.90. The zero-order valence-electron chi connectivity index (χ0n) is 16.2. The van der Waals surface area contributed by atoms with E-state index in [1.54, 1.807) is 0 Å². The molecule has 0 amide bonds. The van der Waals surface area contributed by atoms with Crippen LogP contribution in [0.1, 0.15) is 20.8 Å². The molecular formula is C19H32N4O3. The Hall–Kier alpha value is -1.99. The molecule has 1 aromatic carbocycles. The van der Waals surface area contributed by atoms with Crippen LogP contribution in [0.4, 0.5) is 5.69 Å². The summed E-state index contributed by atoms with van der Waals surface area (Å²) in [6, 6.07) is 5.65. The van der Waals surface area contributed by atoms with E-state index in [0.29, 0.717) is 31.6 Å². The van der Waals surface area contributed by atoms with Gasteiger partial charge in [-0.05, 0) is 31.9 Å². The van der Waals surface area contributed by atoms with Crippen LogP contribution in [0.25, 0.3) is 0 Å². The number of aliphatic imine (C=N–C) groups is 1. The SMILES string of the molecule is CCOc1ccc(OCC)c(NC(N)=NCC(C)CN2CCOCC2)c1. The third-order valence-corrected chi connectivity index (χ3v) is 4.07. The average Bonchev–Trinajstić information content (AvgIpc) is 2.63. The number of guanidine groups is 1. The molecule has 3 N–H and O–H groups in total. The van der Waals surface area contributed by atoms with Crippen molar-refractivity contribution >= 4 is 11.6 Å². The van der Waals surface area contributed by atoms with Gasteiger partial charge in [-0.1, -0.05) is 6.92 Å². The summed E-state index contributed by atoms with van der Waals surface area (Å²) in [5.74, 6) is 2.31. The summed E-state index contributed by atoms with van der Waals surface area (Å²) in [7, 11) is 0. The number of anilines is 1. The van der Waals surface area contributed by atoms with Crippen LogP contribution in [0.2, 0.25) is 0 Å². The Balaban J connectivity index is 1.92. The minimum atomic E-state index is 0.383. The van der Waals surface area contributed by atoms with Crippen molar-refractivity contribution in [1.82, 2.24) is 4.90 Å². The highest BCUT2D eigenvalue weighted by Gasteiger charge is 2.13. The highest BCUT2D eigenvalue weighted by Crippen LogP contribution is 2.29. The smallest absolute Gasteiger partial charge is 0.193 e. The van der Waals surface area contributed by atoms with E-state index >= 15 is 0 Å². The zero-order chi connectivity index (χ0) is 18.8. The molecule has 7 heteroatoms. The standard InChI is InChI=1S/C19H32N4O3/c1-4-25-16-6-7-18(26-5-2)17(12-16)22-19(20)21-13-15(3)14-23-8-10-24-11-9-23/h6-7,12,15H,4-5,8-11,13-14H2,1-3H3,(H3,20,21,22). The Morgan fingerprint density at radius 2 is 2.00 bits per heavy atom. The van der Waals surface area contributed by atoms with E-state index in [0.717, 1.165) is 50.0 Å². The van der Waals surface area contributed by atoms with Gasteiger partial charge in [0.05, 0.1) is 32.1 Å². The van der Waals surface area contributed by atoms with Gasteiger partial charge in [0.25, 0.3) is 0 Å². The van der Waals surface area contributed by atoms with Gasteiger partial charge in [-0.15, -0.1) is 0 Å². The first-order chi connectivity index (χ1) is 12.6. The molecule has 146 valence electrons. The average molecular weight is 364 g/mol. The second kappa shape index (κ2) is 10.9. The Morgan fingerprint density at radius 3 is 2.69 bits per heavy atom. The van der Waals surface area contributed by atoms with Gasteiger partial charge in [-0.3, -0.25) is 9.89 Å². The zero-order valence-corrected chi connectivity index (χ0v) is 16.2. The summed E-state index contributed by atoms with van der Waals surface area (Å²) in [5.41, 5.74) is 6.85. The molecule has 1 fully saturated rings. The van der Waals surface area contributed by atoms with Gasteiger partial charge in [0.1, 0.15) is 11.5 Å². The number of nitrogens with zero attached hydrogens (tertiary/aromatic N) is 2. The molecular weight excluding hydrogens is 332 g/mol. The lowest BCUT2D eigenvalue weighted by atomic mass is 10.1. The molecule has 1 heterocycles. The Kier molecular flexibility index (Phi) is 8.50. The largest absolute Gasteiger partial charge is 0.494 e. The van der Waals surface area contributed by atoms with Gasteiger partial charge >= 0.3 is 0 Å². The predicted molar refractivity (Wildman–Crippen MR) is 105 cm³/mol. The van der Waals surface area contributed by atoms with E-state index in [-0.39, 0.29) is 0 Å². The Bertz CT molecular complexity index is 574. The number of ether oxygens (including phenoxy) is 3. The summed E-state index contributed by atoms with van der Waals surface area (Å²) >= 11 is 0. The number of rotatable bonds is 9. The molecule has 1 unspecified atom stereocenters. The van der Waals surface area contributed by atoms with Gasteiger partial charge in [0, 0.05) is 32.2 Å². The highest BCUT2D eigenvalue weighted by molar-refractivity contribution is 5.94. The lowest BCUT2D eigenvalue weighted by molar-refractivity contribution is 0.0323. The highest BCUT2D eigenvalue weighted by atomic mass is 16.5. The lowest BCUT2D eigenvalue weighted by Crippen LogP contribution is -2.39. The fraction of sp³-hybridized carbons (Fsp3) is 0.632. The number of benzene rings is 1. The molecule has 0 saturated carbocycles. The number of morpholine rings is 1. The number of nitrogens with one attached hydrogen (secondary N) is 1. The summed E-state index contributed by atoms with van der Waals surface area (Å²) in [5, 5.41) is 3.14. The molecule has 0 aliphatic carbocycles. The molecule has 7 nitrogen and oxygen atoms in total. The van der Waals surface area contributed by atoms with Gasteiger partial charge in [-0.25, -0.2) is 0 Å². The molecule has 0 spiro atoms. The van der Waals surface area contributed by atoms with Crippen molar-refractivity contribution in [3.8, 4) is 11.5 Å². The maximum absolute atomic E-state index is 6.09. The molecule has 1 atom stereocenters. The van der Waals surface area contributed by atoms with E-state index < -0.39 is 0 Å². The molecule has 26 heavy (non-hydrogen) atoms. The van der Waals surface area contributed by atoms with Crippen molar-refractivity contribution in [2.24, 2.45) is 16.6 Å². The third kappa shape index (κ3) is 6.72. The summed E-state index contributed by atoms with van der Waals surface area (Å²) in [6.45, 7) is 12.6. The molecule has 1 saturated heterocycles. The lowest BCUT2D eigenvalue weighted by Gasteiger charge is -2.28. The van der Waals surface area contributed by atoms with Crippen molar-refractivity contribution in [2.75, 3.05) is 57.9 Å². The van der Waals surface area contributed by atoms with Crippen molar-refractivity contribution < 1.29 is 14.2 Å². The van der Waals surface area contributed by atoms with E-state index in [9.17, 15) is 0 Å². The van der Waals surface area contributed by atoms with Gasteiger partial charge in [-0.2, -0.15) is 0 Å². The first-order valence-electron chi connectivity index (χ1n) is 9.39. The van der Waals surface area contributed by atoms with Crippen LogP contribution in [0.15, 0.2) is 23.2 Å².